The summed E-state index contributed by atoms with van der Waals surface area (Å²) in [6.07, 6.45) is 3.12. The zero-order chi connectivity index (χ0) is 14.7. The van der Waals surface area contributed by atoms with Gasteiger partial charge in [-0.3, -0.25) is 0 Å². The highest BCUT2D eigenvalue weighted by Gasteiger charge is 2.06. The van der Waals surface area contributed by atoms with E-state index in [2.05, 4.69) is 17.2 Å². The van der Waals surface area contributed by atoms with Crippen LogP contribution in [0, 0.1) is 0 Å². The average molecular weight is 280 g/mol. The summed E-state index contributed by atoms with van der Waals surface area (Å²) in [5, 5.41) is 12.7. The highest BCUT2D eigenvalue weighted by Crippen LogP contribution is 2.24. The summed E-state index contributed by atoms with van der Waals surface area (Å²) < 4.78 is 5.27. The predicted molar refractivity (Wildman–Crippen MR) is 82.1 cm³/mol. The first-order valence-corrected chi connectivity index (χ1v) is 6.77. The lowest BCUT2D eigenvalue weighted by Crippen LogP contribution is -2.06. The number of benzene rings is 2. The molecule has 4 heteroatoms. The summed E-state index contributed by atoms with van der Waals surface area (Å²) in [5.74, 6) is 1.04. The van der Waals surface area contributed by atoms with Gasteiger partial charge in [-0.15, -0.1) is 0 Å². The third kappa shape index (κ3) is 3.05. The first-order valence-electron chi connectivity index (χ1n) is 6.77. The number of hydrogen-bond donors (Lipinski definition) is 2. The van der Waals surface area contributed by atoms with Crippen LogP contribution in [0.15, 0.2) is 65.5 Å². The molecule has 1 heterocycles. The van der Waals surface area contributed by atoms with Gasteiger partial charge in [-0.25, -0.2) is 4.98 Å². The zero-order valence-corrected chi connectivity index (χ0v) is 11.7. The topological polar surface area (TPSA) is 58.3 Å². The smallest absolute Gasteiger partial charge is 0.181 e. The molecular formula is C17H16N2O2. The minimum absolute atomic E-state index is 0.154. The monoisotopic (exact) mass is 280 g/mol. The maximum absolute atomic E-state index is 9.31. The van der Waals surface area contributed by atoms with Crippen molar-refractivity contribution in [1.82, 2.24) is 4.98 Å². The molecule has 2 aromatic carbocycles. The standard InChI is InChI=1S/C17H16N2O2/c1-12(13-4-8-16(20)9-5-13)19-15-6-2-14(3-7-15)17-10-18-11-21-17/h2-12,19-20H,1H3. The molecule has 3 aromatic rings. The van der Waals surface area contributed by atoms with Crippen LogP contribution in [-0.2, 0) is 0 Å². The van der Waals surface area contributed by atoms with Crippen molar-refractivity contribution in [3.8, 4) is 17.1 Å². The van der Waals surface area contributed by atoms with Crippen LogP contribution in [0.3, 0.4) is 0 Å². The van der Waals surface area contributed by atoms with E-state index in [1.54, 1.807) is 18.3 Å². The molecule has 0 bridgehead atoms. The van der Waals surface area contributed by atoms with Crippen LogP contribution in [-0.4, -0.2) is 10.1 Å². The number of phenols is 1. The van der Waals surface area contributed by atoms with E-state index < -0.39 is 0 Å². The summed E-state index contributed by atoms with van der Waals surface area (Å²) in [6, 6.07) is 15.4. The van der Waals surface area contributed by atoms with Gasteiger partial charge in [-0.2, -0.15) is 0 Å². The lowest BCUT2D eigenvalue weighted by atomic mass is 10.1. The summed E-state index contributed by atoms with van der Waals surface area (Å²) >= 11 is 0. The Morgan fingerprint density at radius 3 is 2.38 bits per heavy atom. The Kier molecular flexibility index (Phi) is 3.60. The fourth-order valence-corrected chi connectivity index (χ4v) is 2.19. The summed E-state index contributed by atoms with van der Waals surface area (Å²) in [7, 11) is 0. The molecule has 3 rings (SSSR count). The molecule has 1 atom stereocenters. The Morgan fingerprint density at radius 2 is 1.76 bits per heavy atom. The zero-order valence-electron chi connectivity index (χ0n) is 11.7. The van der Waals surface area contributed by atoms with Crippen molar-refractivity contribution in [2.45, 2.75) is 13.0 Å². The van der Waals surface area contributed by atoms with Crippen LogP contribution >= 0.6 is 0 Å². The molecular weight excluding hydrogens is 264 g/mol. The summed E-state index contributed by atoms with van der Waals surface area (Å²) in [5.41, 5.74) is 3.14. The molecule has 0 spiro atoms. The number of hydrogen-bond acceptors (Lipinski definition) is 4. The van der Waals surface area contributed by atoms with E-state index in [1.807, 2.05) is 36.4 Å². The van der Waals surface area contributed by atoms with E-state index in [9.17, 15) is 5.11 Å². The van der Waals surface area contributed by atoms with E-state index in [1.165, 1.54) is 6.39 Å². The van der Waals surface area contributed by atoms with Gasteiger partial charge in [0.2, 0.25) is 0 Å². The number of aromatic hydroxyl groups is 1. The molecule has 0 fully saturated rings. The molecule has 0 aliphatic carbocycles. The van der Waals surface area contributed by atoms with Crippen LogP contribution in [0.25, 0.3) is 11.3 Å². The third-order valence-corrected chi connectivity index (χ3v) is 3.38. The van der Waals surface area contributed by atoms with Crippen LogP contribution in [0.5, 0.6) is 5.75 Å². The molecule has 0 aliphatic rings. The Bertz CT molecular complexity index is 689. The fraction of sp³-hybridized carbons (Fsp3) is 0.118. The van der Waals surface area contributed by atoms with Gasteiger partial charge in [-0.1, -0.05) is 12.1 Å². The molecule has 0 amide bonds. The quantitative estimate of drug-likeness (QED) is 0.751. The lowest BCUT2D eigenvalue weighted by Gasteiger charge is -2.16. The second-order valence-electron chi connectivity index (χ2n) is 4.90. The first kappa shape index (κ1) is 13.2. The Morgan fingerprint density at radius 1 is 1.05 bits per heavy atom. The molecule has 1 unspecified atom stereocenters. The highest BCUT2D eigenvalue weighted by molar-refractivity contribution is 5.60. The highest BCUT2D eigenvalue weighted by atomic mass is 16.3. The molecule has 0 aliphatic heterocycles. The molecule has 21 heavy (non-hydrogen) atoms. The van der Waals surface area contributed by atoms with Crippen LogP contribution in [0.2, 0.25) is 0 Å². The number of anilines is 1. The summed E-state index contributed by atoms with van der Waals surface area (Å²) in [4.78, 5) is 3.91. The lowest BCUT2D eigenvalue weighted by molar-refractivity contribution is 0.475. The molecule has 1 aromatic heterocycles. The second kappa shape index (κ2) is 5.71. The van der Waals surface area contributed by atoms with Crippen molar-refractivity contribution >= 4 is 5.69 Å². The van der Waals surface area contributed by atoms with E-state index in [0.29, 0.717) is 0 Å². The van der Waals surface area contributed by atoms with E-state index in [-0.39, 0.29) is 11.8 Å². The van der Waals surface area contributed by atoms with Crippen molar-refractivity contribution in [3.63, 3.8) is 0 Å². The Balaban J connectivity index is 1.71. The van der Waals surface area contributed by atoms with Gasteiger partial charge in [-0.05, 0) is 48.9 Å². The molecule has 4 nitrogen and oxygen atoms in total. The van der Waals surface area contributed by atoms with Crippen molar-refractivity contribution in [3.05, 3.63) is 66.7 Å². The largest absolute Gasteiger partial charge is 0.508 e. The minimum Gasteiger partial charge on any atom is -0.508 e. The van der Waals surface area contributed by atoms with Crippen molar-refractivity contribution < 1.29 is 9.52 Å². The van der Waals surface area contributed by atoms with Crippen molar-refractivity contribution in [1.29, 1.82) is 0 Å². The van der Waals surface area contributed by atoms with E-state index in [4.69, 9.17) is 4.42 Å². The number of oxazole rings is 1. The van der Waals surface area contributed by atoms with Crippen LogP contribution < -0.4 is 5.32 Å². The second-order valence-corrected chi connectivity index (χ2v) is 4.90. The number of nitrogens with one attached hydrogen (secondary N) is 1. The van der Waals surface area contributed by atoms with Gasteiger partial charge in [0.05, 0.1) is 6.20 Å². The molecule has 0 radical (unpaired) electrons. The molecule has 0 saturated carbocycles. The van der Waals surface area contributed by atoms with Gasteiger partial charge < -0.3 is 14.8 Å². The number of rotatable bonds is 4. The maximum Gasteiger partial charge on any atom is 0.181 e. The number of aromatic nitrogens is 1. The maximum atomic E-state index is 9.31. The summed E-state index contributed by atoms with van der Waals surface area (Å²) in [6.45, 7) is 2.08. The first-order chi connectivity index (χ1) is 10.2. The van der Waals surface area contributed by atoms with Gasteiger partial charge >= 0.3 is 0 Å². The van der Waals surface area contributed by atoms with Crippen molar-refractivity contribution in [2.24, 2.45) is 0 Å². The third-order valence-electron chi connectivity index (χ3n) is 3.38. The minimum atomic E-state index is 0.154. The van der Waals surface area contributed by atoms with Gasteiger partial charge in [0, 0.05) is 17.3 Å². The Hall–Kier alpha value is -2.75. The SMILES string of the molecule is CC(Nc1ccc(-c2cnco2)cc1)c1ccc(O)cc1. The predicted octanol–water partition coefficient (Wildman–Crippen LogP) is 4.22. The van der Waals surface area contributed by atoms with Crippen LogP contribution in [0.4, 0.5) is 5.69 Å². The average Bonchev–Trinajstić information content (AvgIpc) is 3.03. The number of phenolic OH excluding ortho intramolecular Hbond substituents is 1. The van der Waals surface area contributed by atoms with Gasteiger partial charge in [0.25, 0.3) is 0 Å². The molecule has 2 N–H and O–H groups in total. The number of nitrogens with zero attached hydrogens (tertiary/aromatic N) is 1. The van der Waals surface area contributed by atoms with E-state index in [0.717, 1.165) is 22.6 Å². The van der Waals surface area contributed by atoms with Gasteiger partial charge in [0.15, 0.2) is 12.2 Å². The van der Waals surface area contributed by atoms with Crippen LogP contribution in [0.1, 0.15) is 18.5 Å². The Labute approximate surface area is 123 Å². The molecule has 106 valence electrons. The fourth-order valence-electron chi connectivity index (χ4n) is 2.19. The molecule has 0 saturated heterocycles. The van der Waals surface area contributed by atoms with E-state index >= 15 is 0 Å². The normalized spacial score (nSPS) is 12.0. The van der Waals surface area contributed by atoms with Gasteiger partial charge in [0.1, 0.15) is 5.75 Å². The van der Waals surface area contributed by atoms with Crippen molar-refractivity contribution in [2.75, 3.05) is 5.32 Å².